The third kappa shape index (κ3) is 1.68. The summed E-state index contributed by atoms with van der Waals surface area (Å²) in [5, 5.41) is -0.295. The van der Waals surface area contributed by atoms with Crippen LogP contribution in [0.5, 0.6) is 0 Å². The van der Waals surface area contributed by atoms with Crippen molar-refractivity contribution in [1.29, 1.82) is 0 Å². The molecule has 0 amide bonds. The standard InChI is InChI=1S/C10H10ClNO/c11-10(13)7-12-6-5-8-3-1-2-4-9(8)12/h1-4H,5-7H2. The molecule has 0 spiro atoms. The zero-order chi connectivity index (χ0) is 9.26. The van der Waals surface area contributed by atoms with Crippen molar-refractivity contribution in [2.75, 3.05) is 18.0 Å². The summed E-state index contributed by atoms with van der Waals surface area (Å²) in [5.74, 6) is 0. The third-order valence-corrected chi connectivity index (χ3v) is 2.42. The molecule has 1 heterocycles. The SMILES string of the molecule is O=C(Cl)CN1CCc2ccccc21. The molecule has 0 atom stereocenters. The maximum atomic E-state index is 10.7. The van der Waals surface area contributed by atoms with Crippen LogP contribution in [0.3, 0.4) is 0 Å². The number of anilines is 1. The number of hydrogen-bond acceptors (Lipinski definition) is 2. The van der Waals surface area contributed by atoms with Crippen LogP contribution in [0.15, 0.2) is 24.3 Å². The molecule has 0 N–H and O–H groups in total. The van der Waals surface area contributed by atoms with E-state index in [1.807, 2.05) is 23.1 Å². The van der Waals surface area contributed by atoms with Crippen LogP contribution in [0.2, 0.25) is 0 Å². The Morgan fingerprint density at radius 1 is 1.46 bits per heavy atom. The fraction of sp³-hybridized carbons (Fsp3) is 0.300. The molecule has 2 nitrogen and oxygen atoms in total. The van der Waals surface area contributed by atoms with Crippen molar-refractivity contribution in [2.24, 2.45) is 0 Å². The van der Waals surface area contributed by atoms with Crippen LogP contribution >= 0.6 is 11.6 Å². The van der Waals surface area contributed by atoms with Crippen LogP contribution in [0, 0.1) is 0 Å². The van der Waals surface area contributed by atoms with Gasteiger partial charge in [0.1, 0.15) is 0 Å². The van der Waals surface area contributed by atoms with Gasteiger partial charge in [0.15, 0.2) is 0 Å². The molecule has 0 aliphatic carbocycles. The lowest BCUT2D eigenvalue weighted by Gasteiger charge is -2.16. The van der Waals surface area contributed by atoms with Crippen molar-refractivity contribution in [2.45, 2.75) is 6.42 Å². The minimum absolute atomic E-state index is 0.295. The van der Waals surface area contributed by atoms with Gasteiger partial charge in [0, 0.05) is 12.2 Å². The average molecular weight is 196 g/mol. The van der Waals surface area contributed by atoms with Gasteiger partial charge in [-0.2, -0.15) is 0 Å². The highest BCUT2D eigenvalue weighted by atomic mass is 35.5. The molecule has 68 valence electrons. The van der Waals surface area contributed by atoms with Crippen molar-refractivity contribution in [3.05, 3.63) is 29.8 Å². The van der Waals surface area contributed by atoms with Gasteiger partial charge in [-0.3, -0.25) is 4.79 Å². The molecule has 1 aliphatic rings. The maximum Gasteiger partial charge on any atom is 0.240 e. The molecular formula is C10H10ClNO. The Balaban J connectivity index is 2.23. The number of rotatable bonds is 2. The van der Waals surface area contributed by atoms with Crippen molar-refractivity contribution >= 4 is 22.5 Å². The first-order chi connectivity index (χ1) is 6.27. The lowest BCUT2D eigenvalue weighted by Crippen LogP contribution is -2.25. The monoisotopic (exact) mass is 195 g/mol. The minimum Gasteiger partial charge on any atom is -0.362 e. The van der Waals surface area contributed by atoms with E-state index in [2.05, 4.69) is 6.07 Å². The fourth-order valence-corrected chi connectivity index (χ4v) is 1.87. The highest BCUT2D eigenvalue weighted by Gasteiger charge is 2.19. The number of halogens is 1. The molecule has 0 unspecified atom stereocenters. The summed E-state index contributed by atoms with van der Waals surface area (Å²) in [6.45, 7) is 1.22. The minimum atomic E-state index is -0.295. The first-order valence-corrected chi connectivity index (χ1v) is 4.66. The molecule has 2 rings (SSSR count). The lowest BCUT2D eigenvalue weighted by atomic mass is 10.2. The zero-order valence-corrected chi connectivity index (χ0v) is 7.92. The van der Waals surface area contributed by atoms with E-state index in [-0.39, 0.29) is 5.24 Å². The molecule has 0 aromatic heterocycles. The first-order valence-electron chi connectivity index (χ1n) is 4.28. The van der Waals surface area contributed by atoms with Gasteiger partial charge < -0.3 is 4.90 Å². The van der Waals surface area contributed by atoms with Gasteiger partial charge in [-0.15, -0.1) is 0 Å². The van der Waals surface area contributed by atoms with Gasteiger partial charge in [0.2, 0.25) is 5.24 Å². The number of benzene rings is 1. The molecule has 1 aromatic rings. The lowest BCUT2D eigenvalue weighted by molar-refractivity contribution is -0.110. The van der Waals surface area contributed by atoms with E-state index in [9.17, 15) is 4.79 Å². The van der Waals surface area contributed by atoms with E-state index in [4.69, 9.17) is 11.6 Å². The number of carbonyl (C=O) groups is 1. The maximum absolute atomic E-state index is 10.7. The molecule has 1 aromatic carbocycles. The summed E-state index contributed by atoms with van der Waals surface area (Å²) in [7, 11) is 0. The van der Waals surface area contributed by atoms with E-state index in [1.54, 1.807) is 0 Å². The predicted molar refractivity (Wildman–Crippen MR) is 53.2 cm³/mol. The van der Waals surface area contributed by atoms with Crippen LogP contribution in [0.4, 0.5) is 5.69 Å². The summed E-state index contributed by atoms with van der Waals surface area (Å²) >= 11 is 5.34. The van der Waals surface area contributed by atoms with Crippen molar-refractivity contribution in [3.8, 4) is 0 Å². The topological polar surface area (TPSA) is 20.3 Å². The van der Waals surface area contributed by atoms with Crippen LogP contribution in [0.1, 0.15) is 5.56 Å². The van der Waals surface area contributed by atoms with E-state index in [0.29, 0.717) is 6.54 Å². The molecular weight excluding hydrogens is 186 g/mol. The first kappa shape index (κ1) is 8.57. The van der Waals surface area contributed by atoms with E-state index >= 15 is 0 Å². The summed E-state index contributed by atoms with van der Waals surface area (Å²) < 4.78 is 0. The smallest absolute Gasteiger partial charge is 0.240 e. The van der Waals surface area contributed by atoms with E-state index in [0.717, 1.165) is 18.7 Å². The van der Waals surface area contributed by atoms with Gasteiger partial charge in [-0.25, -0.2) is 0 Å². The van der Waals surface area contributed by atoms with Gasteiger partial charge in [-0.05, 0) is 29.7 Å². The Bertz CT molecular complexity index is 337. The average Bonchev–Trinajstić information content (AvgIpc) is 2.48. The largest absolute Gasteiger partial charge is 0.362 e. The van der Waals surface area contributed by atoms with Gasteiger partial charge in [0.25, 0.3) is 0 Å². The molecule has 0 saturated heterocycles. The summed E-state index contributed by atoms with van der Waals surface area (Å²) in [6.07, 6.45) is 1.01. The number of para-hydroxylation sites is 1. The van der Waals surface area contributed by atoms with E-state index < -0.39 is 0 Å². The highest BCUT2D eigenvalue weighted by Crippen LogP contribution is 2.26. The second kappa shape index (κ2) is 3.38. The fourth-order valence-electron chi connectivity index (χ4n) is 1.72. The van der Waals surface area contributed by atoms with Gasteiger partial charge in [0.05, 0.1) is 6.54 Å². The molecule has 0 bridgehead atoms. The molecule has 0 radical (unpaired) electrons. The number of carbonyl (C=O) groups excluding carboxylic acids is 1. The van der Waals surface area contributed by atoms with Crippen LogP contribution in [-0.4, -0.2) is 18.3 Å². The van der Waals surface area contributed by atoms with Crippen molar-refractivity contribution < 1.29 is 4.79 Å². The Labute approximate surface area is 82.1 Å². The second-order valence-corrected chi connectivity index (χ2v) is 3.58. The number of nitrogens with zero attached hydrogens (tertiary/aromatic N) is 1. The Hall–Kier alpha value is -1.02. The second-order valence-electron chi connectivity index (χ2n) is 3.16. The molecule has 3 heteroatoms. The third-order valence-electron chi connectivity index (χ3n) is 2.30. The quantitative estimate of drug-likeness (QED) is 0.671. The molecule has 13 heavy (non-hydrogen) atoms. The summed E-state index contributed by atoms with van der Waals surface area (Å²) in [5.41, 5.74) is 2.46. The Kier molecular flexibility index (Phi) is 2.23. The number of hydrogen-bond donors (Lipinski definition) is 0. The van der Waals surface area contributed by atoms with Crippen LogP contribution < -0.4 is 4.90 Å². The Morgan fingerprint density at radius 3 is 3.00 bits per heavy atom. The normalized spacial score (nSPS) is 14.4. The zero-order valence-electron chi connectivity index (χ0n) is 7.16. The Morgan fingerprint density at radius 2 is 2.23 bits per heavy atom. The van der Waals surface area contributed by atoms with Crippen LogP contribution in [0.25, 0.3) is 0 Å². The van der Waals surface area contributed by atoms with Crippen molar-refractivity contribution in [1.82, 2.24) is 0 Å². The summed E-state index contributed by atoms with van der Waals surface area (Å²) in [4.78, 5) is 12.8. The molecule has 0 saturated carbocycles. The summed E-state index contributed by atoms with van der Waals surface area (Å²) in [6, 6.07) is 8.12. The highest BCUT2D eigenvalue weighted by molar-refractivity contribution is 6.64. The van der Waals surface area contributed by atoms with Gasteiger partial charge in [-0.1, -0.05) is 18.2 Å². The number of fused-ring (bicyclic) bond motifs is 1. The van der Waals surface area contributed by atoms with E-state index in [1.165, 1.54) is 5.56 Å². The predicted octanol–water partition coefficient (Wildman–Crippen LogP) is 1.81. The molecule has 1 aliphatic heterocycles. The molecule has 0 fully saturated rings. The van der Waals surface area contributed by atoms with Gasteiger partial charge >= 0.3 is 0 Å². The van der Waals surface area contributed by atoms with Crippen LogP contribution in [-0.2, 0) is 11.2 Å². The van der Waals surface area contributed by atoms with Crippen molar-refractivity contribution in [3.63, 3.8) is 0 Å².